The van der Waals surface area contributed by atoms with Crippen molar-refractivity contribution in [2.24, 2.45) is 7.05 Å². The van der Waals surface area contributed by atoms with Gasteiger partial charge in [-0.05, 0) is 30.4 Å². The van der Waals surface area contributed by atoms with Crippen molar-refractivity contribution in [1.29, 1.82) is 0 Å². The van der Waals surface area contributed by atoms with E-state index in [2.05, 4.69) is 6.07 Å². The van der Waals surface area contributed by atoms with Crippen LogP contribution in [0.25, 0.3) is 0 Å². The predicted molar refractivity (Wildman–Crippen MR) is 79.0 cm³/mol. The molecule has 2 aromatic heterocycles. The Kier molecular flexibility index (Phi) is 3.44. The molecule has 5 heteroatoms. The van der Waals surface area contributed by atoms with Crippen molar-refractivity contribution >= 4 is 17.2 Å². The summed E-state index contributed by atoms with van der Waals surface area (Å²) in [5.41, 5.74) is 0.480. The number of pyridine rings is 1. The Balaban J connectivity index is 1.89. The zero-order chi connectivity index (χ0) is 14.1. The molecule has 3 heterocycles. The number of amides is 1. The third-order valence-corrected chi connectivity index (χ3v) is 4.69. The quantitative estimate of drug-likeness (QED) is 0.851. The van der Waals surface area contributed by atoms with Crippen molar-refractivity contribution in [2.75, 3.05) is 6.54 Å². The summed E-state index contributed by atoms with van der Waals surface area (Å²) >= 11 is 1.69. The van der Waals surface area contributed by atoms with Crippen molar-refractivity contribution < 1.29 is 4.79 Å². The van der Waals surface area contributed by atoms with E-state index in [1.54, 1.807) is 30.6 Å². The zero-order valence-electron chi connectivity index (χ0n) is 11.3. The van der Waals surface area contributed by atoms with Gasteiger partial charge in [0, 0.05) is 30.7 Å². The number of likely N-dealkylation sites (tertiary alicyclic amines) is 1. The molecule has 0 spiro atoms. The molecule has 1 atom stereocenters. The van der Waals surface area contributed by atoms with Crippen molar-refractivity contribution in [3.05, 3.63) is 56.6 Å². The first-order valence-electron chi connectivity index (χ1n) is 6.68. The van der Waals surface area contributed by atoms with Gasteiger partial charge >= 0.3 is 0 Å². The van der Waals surface area contributed by atoms with Crippen LogP contribution in [0.4, 0.5) is 0 Å². The Morgan fingerprint density at radius 2 is 2.20 bits per heavy atom. The van der Waals surface area contributed by atoms with E-state index in [1.165, 1.54) is 15.5 Å². The van der Waals surface area contributed by atoms with Crippen LogP contribution in [0.5, 0.6) is 0 Å². The molecule has 1 amide bonds. The Morgan fingerprint density at radius 3 is 2.90 bits per heavy atom. The molecule has 0 bridgehead atoms. The SMILES string of the molecule is Cn1cc(C(=O)N2CCCC2c2cccs2)ccc1=O. The lowest BCUT2D eigenvalue weighted by atomic mass is 10.1. The van der Waals surface area contributed by atoms with Crippen molar-refractivity contribution in [2.45, 2.75) is 18.9 Å². The topological polar surface area (TPSA) is 42.3 Å². The number of hydrogen-bond acceptors (Lipinski definition) is 3. The monoisotopic (exact) mass is 288 g/mol. The summed E-state index contributed by atoms with van der Waals surface area (Å²) in [6.45, 7) is 0.782. The Hall–Kier alpha value is -1.88. The summed E-state index contributed by atoms with van der Waals surface area (Å²) in [4.78, 5) is 27.2. The third kappa shape index (κ3) is 2.29. The summed E-state index contributed by atoms with van der Waals surface area (Å²) in [7, 11) is 1.67. The largest absolute Gasteiger partial charge is 0.331 e. The van der Waals surface area contributed by atoms with E-state index < -0.39 is 0 Å². The van der Waals surface area contributed by atoms with Crippen LogP contribution in [0.3, 0.4) is 0 Å². The second kappa shape index (κ2) is 5.25. The molecule has 2 aromatic rings. The lowest BCUT2D eigenvalue weighted by Crippen LogP contribution is -2.31. The molecule has 1 fully saturated rings. The smallest absolute Gasteiger partial charge is 0.255 e. The number of thiophene rings is 1. The van der Waals surface area contributed by atoms with Gasteiger partial charge in [0.15, 0.2) is 0 Å². The molecule has 1 saturated heterocycles. The van der Waals surface area contributed by atoms with Gasteiger partial charge in [-0.2, -0.15) is 0 Å². The summed E-state index contributed by atoms with van der Waals surface area (Å²) < 4.78 is 1.45. The summed E-state index contributed by atoms with van der Waals surface area (Å²) in [6, 6.07) is 7.35. The fourth-order valence-corrected chi connectivity index (χ4v) is 3.55. The van der Waals surface area contributed by atoms with Gasteiger partial charge in [-0.15, -0.1) is 11.3 Å². The number of rotatable bonds is 2. The minimum absolute atomic E-state index is 0.0106. The van der Waals surface area contributed by atoms with Crippen LogP contribution in [0.2, 0.25) is 0 Å². The van der Waals surface area contributed by atoms with Crippen LogP contribution >= 0.6 is 11.3 Å². The first-order chi connectivity index (χ1) is 9.66. The third-order valence-electron chi connectivity index (χ3n) is 3.72. The van der Waals surface area contributed by atoms with Crippen LogP contribution < -0.4 is 5.56 Å². The van der Waals surface area contributed by atoms with Gasteiger partial charge in [0.25, 0.3) is 5.91 Å². The normalized spacial score (nSPS) is 18.4. The molecule has 104 valence electrons. The van der Waals surface area contributed by atoms with Gasteiger partial charge in [0.2, 0.25) is 5.56 Å². The Bertz CT molecular complexity index is 675. The van der Waals surface area contributed by atoms with E-state index in [1.807, 2.05) is 16.3 Å². The van der Waals surface area contributed by atoms with E-state index in [0.717, 1.165) is 19.4 Å². The van der Waals surface area contributed by atoms with Gasteiger partial charge in [-0.1, -0.05) is 6.07 Å². The average Bonchev–Trinajstić information content (AvgIpc) is 3.10. The number of aryl methyl sites for hydroxylation is 1. The van der Waals surface area contributed by atoms with Gasteiger partial charge < -0.3 is 9.47 Å². The molecule has 20 heavy (non-hydrogen) atoms. The fraction of sp³-hybridized carbons (Fsp3) is 0.333. The van der Waals surface area contributed by atoms with Crippen LogP contribution in [0.15, 0.2) is 40.6 Å². The minimum atomic E-state index is -0.0993. The minimum Gasteiger partial charge on any atom is -0.331 e. The zero-order valence-corrected chi connectivity index (χ0v) is 12.1. The maximum atomic E-state index is 12.6. The van der Waals surface area contributed by atoms with Gasteiger partial charge in [0.05, 0.1) is 11.6 Å². The standard InChI is InChI=1S/C15H16N2O2S/c1-16-10-11(6-7-14(16)18)15(19)17-8-2-4-12(17)13-5-3-9-20-13/h3,5-7,9-10,12H,2,4,8H2,1H3. The molecule has 1 unspecified atom stereocenters. The van der Waals surface area contributed by atoms with Crippen LogP contribution in [-0.2, 0) is 7.05 Å². The lowest BCUT2D eigenvalue weighted by Gasteiger charge is -2.24. The van der Waals surface area contributed by atoms with Crippen LogP contribution in [-0.4, -0.2) is 21.9 Å². The molecule has 0 aliphatic carbocycles. The highest BCUT2D eigenvalue weighted by molar-refractivity contribution is 7.10. The van der Waals surface area contributed by atoms with Gasteiger partial charge in [-0.3, -0.25) is 9.59 Å². The van der Waals surface area contributed by atoms with Crippen LogP contribution in [0.1, 0.15) is 34.1 Å². The molecule has 0 aromatic carbocycles. The molecule has 0 N–H and O–H groups in total. The van der Waals surface area contributed by atoms with Gasteiger partial charge in [-0.25, -0.2) is 0 Å². The Labute approximate surface area is 121 Å². The van der Waals surface area contributed by atoms with Crippen LogP contribution in [0, 0.1) is 0 Å². The van der Waals surface area contributed by atoms with Crippen molar-refractivity contribution in [3.8, 4) is 0 Å². The summed E-state index contributed by atoms with van der Waals surface area (Å²) in [5.74, 6) is 0.0106. The maximum Gasteiger partial charge on any atom is 0.255 e. The van der Waals surface area contributed by atoms with E-state index in [0.29, 0.717) is 5.56 Å². The maximum absolute atomic E-state index is 12.6. The predicted octanol–water partition coefficient (Wildman–Crippen LogP) is 2.42. The summed E-state index contributed by atoms with van der Waals surface area (Å²) in [5, 5.41) is 2.04. The highest BCUT2D eigenvalue weighted by Gasteiger charge is 2.31. The van der Waals surface area contributed by atoms with E-state index in [-0.39, 0.29) is 17.5 Å². The molecular formula is C15H16N2O2S. The van der Waals surface area contributed by atoms with Crippen molar-refractivity contribution in [1.82, 2.24) is 9.47 Å². The van der Waals surface area contributed by atoms with Gasteiger partial charge in [0.1, 0.15) is 0 Å². The molecule has 0 saturated carbocycles. The lowest BCUT2D eigenvalue weighted by molar-refractivity contribution is 0.0737. The summed E-state index contributed by atoms with van der Waals surface area (Å²) in [6.07, 6.45) is 3.66. The van der Waals surface area contributed by atoms with E-state index in [9.17, 15) is 9.59 Å². The highest BCUT2D eigenvalue weighted by atomic mass is 32.1. The fourth-order valence-electron chi connectivity index (χ4n) is 2.67. The number of nitrogens with zero attached hydrogens (tertiary/aromatic N) is 2. The number of aromatic nitrogens is 1. The number of carbonyl (C=O) groups excluding carboxylic acids is 1. The molecule has 1 aliphatic rings. The molecule has 4 nitrogen and oxygen atoms in total. The van der Waals surface area contributed by atoms with E-state index in [4.69, 9.17) is 0 Å². The molecule has 1 aliphatic heterocycles. The Morgan fingerprint density at radius 1 is 1.35 bits per heavy atom. The first kappa shape index (κ1) is 13.1. The molecular weight excluding hydrogens is 272 g/mol. The highest BCUT2D eigenvalue weighted by Crippen LogP contribution is 2.35. The average molecular weight is 288 g/mol. The van der Waals surface area contributed by atoms with Crippen molar-refractivity contribution in [3.63, 3.8) is 0 Å². The molecule has 0 radical (unpaired) electrons. The number of carbonyl (C=O) groups is 1. The molecule has 3 rings (SSSR count). The second-order valence-corrected chi connectivity index (χ2v) is 6.02. The second-order valence-electron chi connectivity index (χ2n) is 5.04. The first-order valence-corrected chi connectivity index (χ1v) is 7.56. The van der Waals surface area contributed by atoms with E-state index >= 15 is 0 Å². The number of hydrogen-bond donors (Lipinski definition) is 0.